The highest BCUT2D eigenvalue weighted by Gasteiger charge is 2.33. The lowest BCUT2D eigenvalue weighted by molar-refractivity contribution is -0.387. The molecule has 0 heterocycles. The van der Waals surface area contributed by atoms with E-state index in [9.17, 15) is 19.6 Å². The minimum Gasteiger partial charge on any atom is -0.389 e. The number of hydrogen-bond acceptors (Lipinski definition) is 4. The summed E-state index contributed by atoms with van der Waals surface area (Å²) in [5, 5.41) is 23.3. The number of nitro benzene ring substituents is 1. The van der Waals surface area contributed by atoms with Gasteiger partial charge in [-0.1, -0.05) is 12.1 Å². The Balaban J connectivity index is 1.97. The standard InChI is InChI=1S/C12H15FN2O3/c13-11-9(3-1-4-10(11)15(17)18)7-14-8-12(16)5-2-6-12/h1,3-4,14,16H,2,5-8H2. The van der Waals surface area contributed by atoms with Crippen LogP contribution in [0.3, 0.4) is 0 Å². The third-order valence-corrected chi connectivity index (χ3v) is 3.31. The predicted octanol–water partition coefficient (Wildman–Crippen LogP) is 1.74. The molecule has 0 amide bonds. The SMILES string of the molecule is O=[N+]([O-])c1cccc(CNCC2(O)CCC2)c1F. The van der Waals surface area contributed by atoms with E-state index in [4.69, 9.17) is 0 Å². The van der Waals surface area contributed by atoms with Gasteiger partial charge in [0.05, 0.1) is 10.5 Å². The highest BCUT2D eigenvalue weighted by Crippen LogP contribution is 2.30. The summed E-state index contributed by atoms with van der Waals surface area (Å²) in [6, 6.07) is 4.09. The van der Waals surface area contributed by atoms with Gasteiger partial charge in [0.25, 0.3) is 0 Å². The molecule has 18 heavy (non-hydrogen) atoms. The smallest absolute Gasteiger partial charge is 0.305 e. The predicted molar refractivity (Wildman–Crippen MR) is 63.6 cm³/mol. The van der Waals surface area contributed by atoms with Gasteiger partial charge in [0.15, 0.2) is 0 Å². The number of aliphatic hydroxyl groups is 1. The van der Waals surface area contributed by atoms with Crippen LogP contribution >= 0.6 is 0 Å². The van der Waals surface area contributed by atoms with Crippen LogP contribution in [0, 0.1) is 15.9 Å². The van der Waals surface area contributed by atoms with Gasteiger partial charge in [0, 0.05) is 24.7 Å². The van der Waals surface area contributed by atoms with Crippen molar-refractivity contribution in [1.29, 1.82) is 0 Å². The van der Waals surface area contributed by atoms with Gasteiger partial charge in [-0.05, 0) is 19.3 Å². The van der Waals surface area contributed by atoms with Gasteiger partial charge in [-0.3, -0.25) is 10.1 Å². The molecule has 0 bridgehead atoms. The molecule has 98 valence electrons. The van der Waals surface area contributed by atoms with Crippen molar-refractivity contribution >= 4 is 5.69 Å². The number of benzene rings is 1. The molecule has 2 rings (SSSR count). The van der Waals surface area contributed by atoms with E-state index in [-0.39, 0.29) is 12.1 Å². The molecule has 1 saturated carbocycles. The van der Waals surface area contributed by atoms with Crippen molar-refractivity contribution in [3.8, 4) is 0 Å². The Morgan fingerprint density at radius 1 is 1.50 bits per heavy atom. The largest absolute Gasteiger partial charge is 0.389 e. The van der Waals surface area contributed by atoms with Crippen LogP contribution in [0.1, 0.15) is 24.8 Å². The highest BCUT2D eigenvalue weighted by molar-refractivity contribution is 5.36. The van der Waals surface area contributed by atoms with Gasteiger partial charge in [0.2, 0.25) is 5.82 Å². The maximum Gasteiger partial charge on any atom is 0.305 e. The molecule has 0 aromatic heterocycles. The van der Waals surface area contributed by atoms with Crippen molar-refractivity contribution in [2.75, 3.05) is 6.54 Å². The molecule has 0 unspecified atom stereocenters. The zero-order chi connectivity index (χ0) is 13.2. The normalized spacial score (nSPS) is 17.2. The summed E-state index contributed by atoms with van der Waals surface area (Å²) in [4.78, 5) is 9.83. The van der Waals surface area contributed by atoms with E-state index in [0.29, 0.717) is 6.54 Å². The minimum atomic E-state index is -0.810. The summed E-state index contributed by atoms with van der Waals surface area (Å²) < 4.78 is 13.7. The number of nitrogens with one attached hydrogen (secondary N) is 1. The Morgan fingerprint density at radius 3 is 2.78 bits per heavy atom. The van der Waals surface area contributed by atoms with Crippen molar-refractivity contribution in [1.82, 2.24) is 5.32 Å². The first-order chi connectivity index (χ1) is 8.52. The van der Waals surface area contributed by atoms with Crippen LogP contribution in [0.5, 0.6) is 0 Å². The molecular formula is C12H15FN2O3. The number of nitrogens with zero attached hydrogens (tertiary/aromatic N) is 1. The summed E-state index contributed by atoms with van der Waals surface area (Å²) in [7, 11) is 0. The molecule has 6 heteroatoms. The second-order valence-electron chi connectivity index (χ2n) is 4.69. The molecule has 1 aliphatic rings. The molecule has 0 radical (unpaired) electrons. The Morgan fingerprint density at radius 2 is 2.22 bits per heavy atom. The van der Waals surface area contributed by atoms with Crippen LogP contribution < -0.4 is 5.32 Å². The molecule has 1 aromatic carbocycles. The molecule has 5 nitrogen and oxygen atoms in total. The topological polar surface area (TPSA) is 75.4 Å². The molecule has 1 aromatic rings. The second-order valence-corrected chi connectivity index (χ2v) is 4.69. The van der Waals surface area contributed by atoms with Crippen molar-refractivity contribution in [3.63, 3.8) is 0 Å². The maximum absolute atomic E-state index is 13.7. The Bertz CT molecular complexity index is 461. The lowest BCUT2D eigenvalue weighted by Gasteiger charge is -2.36. The van der Waals surface area contributed by atoms with E-state index in [1.54, 1.807) is 0 Å². The van der Waals surface area contributed by atoms with Crippen LogP contribution in [0.15, 0.2) is 18.2 Å². The quantitative estimate of drug-likeness (QED) is 0.620. The Hall–Kier alpha value is -1.53. The average Bonchev–Trinajstić information content (AvgIpc) is 2.28. The molecule has 0 spiro atoms. The minimum absolute atomic E-state index is 0.176. The average molecular weight is 254 g/mol. The van der Waals surface area contributed by atoms with E-state index in [0.717, 1.165) is 25.3 Å². The fraction of sp³-hybridized carbons (Fsp3) is 0.500. The number of rotatable bonds is 5. The van der Waals surface area contributed by atoms with E-state index < -0.39 is 22.0 Å². The number of hydrogen-bond donors (Lipinski definition) is 2. The second kappa shape index (κ2) is 4.99. The summed E-state index contributed by atoms with van der Waals surface area (Å²) in [5.74, 6) is -0.810. The molecular weight excluding hydrogens is 239 g/mol. The lowest BCUT2D eigenvalue weighted by Crippen LogP contribution is -2.46. The number of halogens is 1. The van der Waals surface area contributed by atoms with E-state index in [1.807, 2.05) is 0 Å². The number of nitro groups is 1. The van der Waals surface area contributed by atoms with Gasteiger partial charge in [-0.15, -0.1) is 0 Å². The van der Waals surface area contributed by atoms with Crippen LogP contribution in [0.25, 0.3) is 0 Å². The van der Waals surface area contributed by atoms with E-state index in [2.05, 4.69) is 5.32 Å². The van der Waals surface area contributed by atoms with Gasteiger partial charge in [0.1, 0.15) is 0 Å². The van der Waals surface area contributed by atoms with Gasteiger partial charge in [-0.2, -0.15) is 4.39 Å². The highest BCUT2D eigenvalue weighted by atomic mass is 19.1. The summed E-state index contributed by atoms with van der Waals surface area (Å²) in [6.45, 7) is 0.560. The van der Waals surface area contributed by atoms with Crippen LogP contribution in [-0.4, -0.2) is 22.2 Å². The first-order valence-corrected chi connectivity index (χ1v) is 5.87. The molecule has 0 aliphatic heterocycles. The van der Waals surface area contributed by atoms with Crippen molar-refractivity contribution < 1.29 is 14.4 Å². The van der Waals surface area contributed by atoms with E-state index in [1.165, 1.54) is 12.1 Å². The van der Waals surface area contributed by atoms with Gasteiger partial charge >= 0.3 is 5.69 Å². The third kappa shape index (κ3) is 2.65. The molecule has 0 saturated heterocycles. The lowest BCUT2D eigenvalue weighted by atomic mass is 9.80. The Labute approximate surface area is 104 Å². The van der Waals surface area contributed by atoms with Crippen LogP contribution in [0.4, 0.5) is 10.1 Å². The van der Waals surface area contributed by atoms with Gasteiger partial charge in [-0.25, -0.2) is 0 Å². The molecule has 1 fully saturated rings. The fourth-order valence-electron chi connectivity index (χ4n) is 2.04. The van der Waals surface area contributed by atoms with Crippen molar-refractivity contribution in [2.24, 2.45) is 0 Å². The first kappa shape index (κ1) is 12.9. The zero-order valence-corrected chi connectivity index (χ0v) is 9.86. The van der Waals surface area contributed by atoms with E-state index >= 15 is 0 Å². The van der Waals surface area contributed by atoms with Crippen LogP contribution in [-0.2, 0) is 6.54 Å². The third-order valence-electron chi connectivity index (χ3n) is 3.31. The Kier molecular flexibility index (Phi) is 3.58. The van der Waals surface area contributed by atoms with Gasteiger partial charge < -0.3 is 10.4 Å². The summed E-state index contributed by atoms with van der Waals surface area (Å²) in [5.41, 5.74) is -0.958. The summed E-state index contributed by atoms with van der Waals surface area (Å²) in [6.07, 6.45) is 2.50. The molecule has 0 atom stereocenters. The monoisotopic (exact) mass is 254 g/mol. The fourth-order valence-corrected chi connectivity index (χ4v) is 2.04. The van der Waals surface area contributed by atoms with Crippen molar-refractivity contribution in [3.05, 3.63) is 39.7 Å². The molecule has 2 N–H and O–H groups in total. The maximum atomic E-state index is 13.7. The summed E-state index contributed by atoms with van der Waals surface area (Å²) >= 11 is 0. The first-order valence-electron chi connectivity index (χ1n) is 5.87. The zero-order valence-electron chi connectivity index (χ0n) is 9.86. The van der Waals surface area contributed by atoms with Crippen molar-refractivity contribution in [2.45, 2.75) is 31.4 Å². The molecule has 1 aliphatic carbocycles. The van der Waals surface area contributed by atoms with Crippen LogP contribution in [0.2, 0.25) is 0 Å².